The first-order chi connectivity index (χ1) is 6.61. The van der Waals surface area contributed by atoms with Gasteiger partial charge in [-0.1, -0.05) is 32.9 Å². The Hall–Kier alpha value is -1.31. The molecule has 0 radical (unpaired) electrons. The van der Waals surface area contributed by atoms with Crippen molar-refractivity contribution < 1.29 is 4.42 Å². The molecule has 2 nitrogen and oxygen atoms in total. The topological polar surface area (TPSA) is 26.0 Å². The van der Waals surface area contributed by atoms with Gasteiger partial charge in [-0.05, 0) is 12.2 Å². The molecule has 0 aromatic carbocycles. The van der Waals surface area contributed by atoms with Gasteiger partial charge in [-0.2, -0.15) is 0 Å². The van der Waals surface area contributed by atoms with Crippen LogP contribution in [0.15, 0.2) is 16.6 Å². The van der Waals surface area contributed by atoms with Crippen LogP contribution in [0.3, 0.4) is 0 Å². The highest BCUT2D eigenvalue weighted by molar-refractivity contribution is 5.44. The molecule has 0 saturated carbocycles. The summed E-state index contributed by atoms with van der Waals surface area (Å²) >= 11 is 0. The third-order valence-electron chi connectivity index (χ3n) is 2.31. The lowest BCUT2D eigenvalue weighted by Gasteiger charge is -2.11. The van der Waals surface area contributed by atoms with E-state index in [0.29, 0.717) is 0 Å². The molecule has 0 aliphatic heterocycles. The molecule has 0 fully saturated rings. The van der Waals surface area contributed by atoms with Crippen LogP contribution in [0, 0.1) is 5.41 Å². The van der Waals surface area contributed by atoms with Crippen molar-refractivity contribution in [1.29, 1.82) is 0 Å². The number of hydrogen-bond acceptors (Lipinski definition) is 2. The molecule has 1 aliphatic carbocycles. The van der Waals surface area contributed by atoms with Crippen LogP contribution in [0.5, 0.6) is 0 Å². The van der Waals surface area contributed by atoms with E-state index in [4.69, 9.17) is 4.42 Å². The molecular formula is C12H15NO. The molecule has 0 saturated heterocycles. The first-order valence-corrected chi connectivity index (χ1v) is 4.99. The lowest BCUT2D eigenvalue weighted by atomic mass is 9.93. The van der Waals surface area contributed by atoms with Crippen molar-refractivity contribution in [3.8, 4) is 0 Å². The monoisotopic (exact) mass is 189 g/mol. The van der Waals surface area contributed by atoms with Gasteiger partial charge >= 0.3 is 0 Å². The maximum Gasteiger partial charge on any atom is 0.195 e. The van der Waals surface area contributed by atoms with Gasteiger partial charge in [0.2, 0.25) is 0 Å². The second-order valence-electron chi connectivity index (χ2n) is 4.20. The zero-order valence-electron chi connectivity index (χ0n) is 8.87. The molecule has 1 aromatic heterocycles. The quantitative estimate of drug-likeness (QED) is 0.667. The molecular weight excluding hydrogens is 174 g/mol. The Morgan fingerprint density at radius 3 is 2.93 bits per heavy atom. The Morgan fingerprint density at radius 1 is 1.43 bits per heavy atom. The maximum absolute atomic E-state index is 5.58. The summed E-state index contributed by atoms with van der Waals surface area (Å²) < 4.78 is 5.58. The SMILES string of the molecule is CCc1nc2c(o1)=CC=CC(C)(C)C=2. The molecule has 2 rings (SSSR count). The number of oxazole rings is 1. The highest BCUT2D eigenvalue weighted by Crippen LogP contribution is 2.19. The Labute approximate surface area is 83.7 Å². The third-order valence-corrected chi connectivity index (χ3v) is 2.31. The molecule has 0 atom stereocenters. The van der Waals surface area contributed by atoms with Gasteiger partial charge in [-0.15, -0.1) is 0 Å². The van der Waals surface area contributed by atoms with Crippen molar-refractivity contribution in [2.75, 3.05) is 0 Å². The molecule has 1 aromatic rings. The van der Waals surface area contributed by atoms with Crippen LogP contribution in [-0.2, 0) is 6.42 Å². The zero-order valence-corrected chi connectivity index (χ0v) is 8.87. The standard InChI is InChI=1S/C12H15NO/c1-4-11-13-9-8-12(2,3)7-5-6-10(9)14-11/h5-8H,4H2,1-3H3. The lowest BCUT2D eigenvalue weighted by Crippen LogP contribution is -2.23. The number of hydrogen-bond donors (Lipinski definition) is 0. The van der Waals surface area contributed by atoms with Crippen molar-refractivity contribution in [2.24, 2.45) is 5.41 Å². The van der Waals surface area contributed by atoms with Gasteiger partial charge in [0.1, 0.15) is 5.35 Å². The van der Waals surface area contributed by atoms with Gasteiger partial charge in [0, 0.05) is 11.8 Å². The smallest absolute Gasteiger partial charge is 0.195 e. The summed E-state index contributed by atoms with van der Waals surface area (Å²) in [5, 5.41) is 0.969. The molecule has 0 spiro atoms. The van der Waals surface area contributed by atoms with Gasteiger partial charge in [-0.3, -0.25) is 0 Å². The highest BCUT2D eigenvalue weighted by Gasteiger charge is 2.12. The minimum Gasteiger partial charge on any atom is -0.441 e. The number of rotatable bonds is 1. The van der Waals surface area contributed by atoms with Crippen molar-refractivity contribution >= 4 is 12.2 Å². The van der Waals surface area contributed by atoms with E-state index in [1.165, 1.54) is 0 Å². The van der Waals surface area contributed by atoms with E-state index in [2.05, 4.69) is 31.0 Å². The summed E-state index contributed by atoms with van der Waals surface area (Å²) in [5.41, 5.74) is 0.938. The predicted octanol–water partition coefficient (Wildman–Crippen LogP) is 1.39. The summed E-state index contributed by atoms with van der Waals surface area (Å²) in [6.07, 6.45) is 9.15. The Balaban J connectivity index is 2.67. The second-order valence-corrected chi connectivity index (χ2v) is 4.20. The van der Waals surface area contributed by atoms with Crippen molar-refractivity contribution in [3.63, 3.8) is 0 Å². The van der Waals surface area contributed by atoms with E-state index in [1.54, 1.807) is 0 Å². The van der Waals surface area contributed by atoms with Crippen LogP contribution in [0.4, 0.5) is 0 Å². The fourth-order valence-electron chi connectivity index (χ4n) is 1.55. The Kier molecular flexibility index (Phi) is 2.06. The fourth-order valence-corrected chi connectivity index (χ4v) is 1.55. The lowest BCUT2D eigenvalue weighted by molar-refractivity contribution is 0.475. The van der Waals surface area contributed by atoms with Gasteiger partial charge in [0.15, 0.2) is 11.3 Å². The number of nitrogens with zero attached hydrogens (tertiary/aromatic N) is 1. The molecule has 1 heterocycles. The molecule has 14 heavy (non-hydrogen) atoms. The van der Waals surface area contributed by atoms with E-state index in [0.717, 1.165) is 23.1 Å². The van der Waals surface area contributed by atoms with Gasteiger partial charge in [-0.25, -0.2) is 4.98 Å². The molecule has 0 amide bonds. The number of fused-ring (bicyclic) bond motifs is 1. The number of aromatic nitrogens is 1. The van der Waals surface area contributed by atoms with Gasteiger partial charge in [0.25, 0.3) is 0 Å². The summed E-state index contributed by atoms with van der Waals surface area (Å²) in [6, 6.07) is 0. The summed E-state index contributed by atoms with van der Waals surface area (Å²) in [5.74, 6) is 0.814. The summed E-state index contributed by atoms with van der Waals surface area (Å²) in [7, 11) is 0. The predicted molar refractivity (Wildman–Crippen MR) is 57.0 cm³/mol. The average molecular weight is 189 g/mol. The molecule has 0 unspecified atom stereocenters. The Morgan fingerprint density at radius 2 is 2.21 bits per heavy atom. The summed E-state index contributed by atoms with van der Waals surface area (Å²) in [6.45, 7) is 6.37. The molecule has 2 heteroatoms. The average Bonchev–Trinajstić information content (AvgIpc) is 2.41. The maximum atomic E-state index is 5.58. The van der Waals surface area contributed by atoms with Gasteiger partial charge < -0.3 is 4.42 Å². The van der Waals surface area contributed by atoms with Crippen molar-refractivity contribution in [3.05, 3.63) is 28.8 Å². The van der Waals surface area contributed by atoms with E-state index in [-0.39, 0.29) is 5.41 Å². The van der Waals surface area contributed by atoms with Crippen LogP contribution in [0.2, 0.25) is 0 Å². The van der Waals surface area contributed by atoms with Crippen molar-refractivity contribution in [1.82, 2.24) is 4.98 Å². The van der Waals surface area contributed by atoms with Crippen LogP contribution >= 0.6 is 0 Å². The van der Waals surface area contributed by atoms with E-state index in [9.17, 15) is 0 Å². The highest BCUT2D eigenvalue weighted by atomic mass is 16.3. The fraction of sp³-hybridized carbons (Fsp3) is 0.417. The molecule has 74 valence electrons. The molecule has 0 N–H and O–H groups in total. The second kappa shape index (κ2) is 3.12. The van der Waals surface area contributed by atoms with Crippen LogP contribution in [-0.4, -0.2) is 4.98 Å². The van der Waals surface area contributed by atoms with Gasteiger partial charge in [0.05, 0.1) is 0 Å². The van der Waals surface area contributed by atoms with Crippen LogP contribution in [0.25, 0.3) is 12.2 Å². The van der Waals surface area contributed by atoms with E-state index >= 15 is 0 Å². The number of aryl methyl sites for hydroxylation is 1. The minimum absolute atomic E-state index is 0.0592. The van der Waals surface area contributed by atoms with Crippen molar-refractivity contribution in [2.45, 2.75) is 27.2 Å². The van der Waals surface area contributed by atoms with Crippen LogP contribution < -0.4 is 10.8 Å². The molecule has 1 aliphatic rings. The first kappa shape index (κ1) is 9.25. The van der Waals surface area contributed by atoms with E-state index in [1.807, 2.05) is 19.1 Å². The van der Waals surface area contributed by atoms with E-state index < -0.39 is 0 Å². The normalized spacial score (nSPS) is 17.9. The first-order valence-electron chi connectivity index (χ1n) is 4.99. The minimum atomic E-state index is 0.0592. The third kappa shape index (κ3) is 1.65. The Bertz CT molecular complexity index is 477. The molecule has 0 bridgehead atoms. The zero-order chi connectivity index (χ0) is 10.2. The summed E-state index contributed by atoms with van der Waals surface area (Å²) in [4.78, 5) is 4.43. The van der Waals surface area contributed by atoms with Crippen LogP contribution in [0.1, 0.15) is 26.7 Å². The number of allylic oxidation sites excluding steroid dienone is 2. The largest absolute Gasteiger partial charge is 0.441 e.